The third kappa shape index (κ3) is 4.50. The number of hydrogen-bond acceptors (Lipinski definition) is 3. The van der Waals surface area contributed by atoms with E-state index in [1.807, 2.05) is 33.8 Å². The van der Waals surface area contributed by atoms with Crippen molar-refractivity contribution in [2.75, 3.05) is 0 Å². The first-order valence-electron chi connectivity index (χ1n) is 15.4. The first kappa shape index (κ1) is 28.2. The first-order chi connectivity index (χ1) is 18.4. The molecule has 1 aromatic rings. The van der Waals surface area contributed by atoms with Crippen molar-refractivity contribution in [3.05, 3.63) is 35.9 Å². The molecule has 6 nitrogen and oxygen atoms in total. The van der Waals surface area contributed by atoms with Crippen LogP contribution in [0.5, 0.6) is 0 Å². The SMILES string of the molecule is CC(C)NC(=O)N(C(=O)C1(Cc2ccccc2)CC[C@H]2[C@@H]3CCC4NC(=O)CC[C@]4(C)[C@@H]3CC[C@@]21C)C(C)C. The average molecular weight is 536 g/mol. The van der Waals surface area contributed by atoms with Crippen LogP contribution in [0.25, 0.3) is 0 Å². The molecule has 3 saturated carbocycles. The van der Waals surface area contributed by atoms with Crippen LogP contribution in [0, 0.1) is 34.0 Å². The van der Waals surface area contributed by atoms with Crippen LogP contribution in [0.2, 0.25) is 0 Å². The van der Waals surface area contributed by atoms with Crippen molar-refractivity contribution in [3.8, 4) is 0 Å². The van der Waals surface area contributed by atoms with E-state index in [-0.39, 0.29) is 46.8 Å². The van der Waals surface area contributed by atoms with Gasteiger partial charge in [-0.25, -0.2) is 4.79 Å². The zero-order chi connectivity index (χ0) is 28.2. The van der Waals surface area contributed by atoms with E-state index in [0.29, 0.717) is 30.6 Å². The van der Waals surface area contributed by atoms with Gasteiger partial charge >= 0.3 is 6.03 Å². The normalized spacial score (nSPS) is 37.5. The van der Waals surface area contributed by atoms with Gasteiger partial charge in [0.1, 0.15) is 0 Å². The van der Waals surface area contributed by atoms with E-state index in [2.05, 4.69) is 48.7 Å². The van der Waals surface area contributed by atoms with Gasteiger partial charge in [-0.1, -0.05) is 44.2 Å². The number of benzene rings is 1. The molecular weight excluding hydrogens is 486 g/mol. The van der Waals surface area contributed by atoms with E-state index < -0.39 is 5.41 Å². The minimum atomic E-state index is -0.624. The van der Waals surface area contributed by atoms with Gasteiger partial charge in [-0.3, -0.25) is 14.5 Å². The number of amides is 4. The maximum atomic E-state index is 14.9. The fourth-order valence-electron chi connectivity index (χ4n) is 9.61. The fraction of sp³-hybridized carbons (Fsp3) is 0.727. The smallest absolute Gasteiger partial charge is 0.324 e. The Balaban J connectivity index is 1.53. The summed E-state index contributed by atoms with van der Waals surface area (Å²) in [7, 11) is 0. The summed E-state index contributed by atoms with van der Waals surface area (Å²) < 4.78 is 0. The molecule has 0 radical (unpaired) electrons. The largest absolute Gasteiger partial charge is 0.353 e. The van der Waals surface area contributed by atoms with Crippen molar-refractivity contribution < 1.29 is 14.4 Å². The van der Waals surface area contributed by atoms with E-state index in [1.165, 1.54) is 10.5 Å². The number of imide groups is 1. The average Bonchev–Trinajstić information content (AvgIpc) is 3.17. The number of carbonyl (C=O) groups excluding carboxylic acids is 3. The summed E-state index contributed by atoms with van der Waals surface area (Å²) in [4.78, 5) is 42.1. The Labute approximate surface area is 235 Å². The van der Waals surface area contributed by atoms with Gasteiger partial charge in [0.2, 0.25) is 11.8 Å². The maximum absolute atomic E-state index is 14.9. The predicted molar refractivity (Wildman–Crippen MR) is 154 cm³/mol. The first-order valence-corrected chi connectivity index (χ1v) is 15.4. The number of hydrogen-bond donors (Lipinski definition) is 2. The molecule has 0 spiro atoms. The van der Waals surface area contributed by atoms with Crippen molar-refractivity contribution in [1.82, 2.24) is 15.5 Å². The number of fused-ring (bicyclic) bond motifs is 5. The predicted octanol–water partition coefficient (Wildman–Crippen LogP) is 6.09. The molecule has 1 heterocycles. The van der Waals surface area contributed by atoms with Crippen molar-refractivity contribution >= 4 is 17.8 Å². The number of urea groups is 1. The van der Waals surface area contributed by atoms with Gasteiger partial charge in [-0.05, 0) is 113 Å². The van der Waals surface area contributed by atoms with Crippen LogP contribution in [-0.2, 0) is 16.0 Å². The van der Waals surface area contributed by atoms with Gasteiger partial charge in [0.15, 0.2) is 0 Å². The highest BCUT2D eigenvalue weighted by molar-refractivity contribution is 5.98. The molecule has 2 N–H and O–H groups in total. The molecule has 0 aromatic heterocycles. The Morgan fingerprint density at radius 2 is 1.67 bits per heavy atom. The van der Waals surface area contributed by atoms with Crippen LogP contribution in [0.3, 0.4) is 0 Å². The topological polar surface area (TPSA) is 78.5 Å². The van der Waals surface area contributed by atoms with Crippen LogP contribution < -0.4 is 10.6 Å². The molecule has 214 valence electrons. The van der Waals surface area contributed by atoms with Crippen molar-refractivity contribution in [2.45, 2.75) is 117 Å². The quantitative estimate of drug-likeness (QED) is 0.479. The summed E-state index contributed by atoms with van der Waals surface area (Å²) >= 11 is 0. The van der Waals surface area contributed by atoms with Crippen molar-refractivity contribution in [1.29, 1.82) is 0 Å². The maximum Gasteiger partial charge on any atom is 0.324 e. The number of carbonyl (C=O) groups is 3. The molecule has 4 aliphatic rings. The second-order valence-corrected chi connectivity index (χ2v) is 14.2. The molecule has 7 atom stereocenters. The molecule has 4 fully saturated rings. The van der Waals surface area contributed by atoms with Gasteiger partial charge in [0.05, 0.1) is 5.41 Å². The van der Waals surface area contributed by atoms with E-state index in [1.54, 1.807) is 0 Å². The van der Waals surface area contributed by atoms with Gasteiger partial charge < -0.3 is 10.6 Å². The standard InChI is InChI=1S/C33H49N3O3/c1-21(2)34-30(39)36(22(3)4)29(38)33(20-23-10-8-7-9-11-23)19-15-26-24-12-13-27-31(5,17-16-28(37)35-27)25(24)14-18-32(26,33)6/h7-11,21-22,24-27H,12-20H2,1-6H3,(H,34,39)(H,35,37)/t24-,25-,26+,27?,31-,32+,33?/m1/s1. The Hall–Kier alpha value is -2.37. The van der Waals surface area contributed by atoms with Crippen molar-refractivity contribution in [2.24, 2.45) is 34.0 Å². The molecule has 3 aliphatic carbocycles. The van der Waals surface area contributed by atoms with Crippen LogP contribution in [0.4, 0.5) is 4.79 Å². The molecular formula is C33H49N3O3. The van der Waals surface area contributed by atoms with Gasteiger partial charge in [0.25, 0.3) is 0 Å². The highest BCUT2D eigenvalue weighted by Gasteiger charge is 2.68. The molecule has 1 aliphatic heterocycles. The molecule has 0 bridgehead atoms. The zero-order valence-corrected chi connectivity index (χ0v) is 24.9. The monoisotopic (exact) mass is 535 g/mol. The van der Waals surface area contributed by atoms with E-state index in [9.17, 15) is 14.4 Å². The van der Waals surface area contributed by atoms with Crippen LogP contribution in [0.1, 0.15) is 98.5 Å². The van der Waals surface area contributed by atoms with E-state index >= 15 is 0 Å². The lowest BCUT2D eigenvalue weighted by molar-refractivity contribution is -0.159. The molecule has 5 rings (SSSR count). The van der Waals surface area contributed by atoms with E-state index in [4.69, 9.17) is 0 Å². The number of piperidine rings is 1. The summed E-state index contributed by atoms with van der Waals surface area (Å²) in [6, 6.07) is 10.2. The lowest BCUT2D eigenvalue weighted by Gasteiger charge is -2.61. The molecule has 1 aromatic carbocycles. The summed E-state index contributed by atoms with van der Waals surface area (Å²) in [5.74, 6) is 1.79. The zero-order valence-electron chi connectivity index (χ0n) is 24.9. The molecule has 39 heavy (non-hydrogen) atoms. The van der Waals surface area contributed by atoms with Crippen LogP contribution >= 0.6 is 0 Å². The second-order valence-electron chi connectivity index (χ2n) is 14.2. The van der Waals surface area contributed by atoms with Gasteiger partial charge in [0, 0.05) is 24.5 Å². The van der Waals surface area contributed by atoms with Crippen LogP contribution in [0.15, 0.2) is 30.3 Å². The third-order valence-corrected chi connectivity index (χ3v) is 11.6. The number of nitrogens with one attached hydrogen (secondary N) is 2. The summed E-state index contributed by atoms with van der Waals surface area (Å²) in [6.45, 7) is 12.6. The Kier molecular flexibility index (Phi) is 7.39. The Bertz CT molecular complexity index is 1100. The number of nitrogens with zero attached hydrogens (tertiary/aromatic N) is 1. The molecule has 6 heteroatoms. The summed E-state index contributed by atoms with van der Waals surface area (Å²) in [6.07, 6.45) is 8.34. The minimum Gasteiger partial charge on any atom is -0.353 e. The molecule has 4 amide bonds. The molecule has 2 unspecified atom stereocenters. The Morgan fingerprint density at radius 1 is 0.974 bits per heavy atom. The summed E-state index contributed by atoms with van der Waals surface area (Å²) in [5.41, 5.74) is 0.496. The minimum absolute atomic E-state index is 0.00720. The van der Waals surface area contributed by atoms with Crippen molar-refractivity contribution in [3.63, 3.8) is 0 Å². The lowest BCUT2D eigenvalue weighted by atomic mass is 9.44. The van der Waals surface area contributed by atoms with Gasteiger partial charge in [-0.2, -0.15) is 0 Å². The second kappa shape index (κ2) is 10.2. The van der Waals surface area contributed by atoms with E-state index in [0.717, 1.165) is 44.9 Å². The highest BCUT2D eigenvalue weighted by atomic mass is 16.2. The van der Waals surface area contributed by atoms with Gasteiger partial charge in [-0.15, -0.1) is 0 Å². The number of rotatable bonds is 5. The third-order valence-electron chi connectivity index (χ3n) is 11.6. The summed E-state index contributed by atoms with van der Waals surface area (Å²) in [5, 5.41) is 6.35. The van der Waals surface area contributed by atoms with Crippen LogP contribution in [-0.4, -0.2) is 40.9 Å². The lowest BCUT2D eigenvalue weighted by Crippen LogP contribution is -2.63. The fourth-order valence-corrected chi connectivity index (χ4v) is 9.61. The Morgan fingerprint density at radius 3 is 2.33 bits per heavy atom. The highest BCUT2D eigenvalue weighted by Crippen LogP contribution is 2.70. The molecule has 1 saturated heterocycles.